The maximum atomic E-state index is 14.0. The Morgan fingerprint density at radius 2 is 1.33 bits per heavy atom. The number of nitrogens with zero attached hydrogens (tertiary/aromatic N) is 1. The molecule has 3 atom stereocenters. The van der Waals surface area contributed by atoms with Crippen molar-refractivity contribution in [2.75, 3.05) is 5.32 Å². The number of alkyl halides is 2. The van der Waals surface area contributed by atoms with Crippen LogP contribution in [0.3, 0.4) is 0 Å². The molecule has 3 aliphatic carbocycles. The number of halogens is 4. The first kappa shape index (κ1) is 24.0. The molecular formula is C27H18BrCl3N2O3. The zero-order valence-corrected chi connectivity index (χ0v) is 22.6. The molecule has 182 valence electrons. The van der Waals surface area contributed by atoms with Gasteiger partial charge in [0.1, 0.15) is 15.8 Å². The number of rotatable bonds is 3. The molecule has 0 unspecified atom stereocenters. The van der Waals surface area contributed by atoms with E-state index in [4.69, 9.17) is 34.8 Å². The van der Waals surface area contributed by atoms with Crippen molar-refractivity contribution in [2.45, 2.75) is 22.7 Å². The molecule has 0 aromatic heterocycles. The summed E-state index contributed by atoms with van der Waals surface area (Å²) in [6.07, 6.45) is 0. The molecule has 0 saturated carbocycles. The van der Waals surface area contributed by atoms with E-state index in [1.807, 2.05) is 48.5 Å². The molecule has 0 radical (unpaired) electrons. The van der Waals surface area contributed by atoms with Crippen molar-refractivity contribution in [3.63, 3.8) is 0 Å². The second-order valence-corrected chi connectivity index (χ2v) is 11.8. The minimum Gasteiger partial charge on any atom is -0.323 e. The fourth-order valence-electron chi connectivity index (χ4n) is 6.02. The fraction of sp³-hybridized carbons (Fsp3) is 0.222. The number of carbonyl (C=O) groups excluding carboxylic acids is 3. The largest absolute Gasteiger partial charge is 0.323 e. The lowest BCUT2D eigenvalue weighted by atomic mass is 9.54. The van der Waals surface area contributed by atoms with Gasteiger partial charge in [-0.25, -0.2) is 0 Å². The zero-order chi connectivity index (χ0) is 25.6. The highest BCUT2D eigenvalue weighted by molar-refractivity contribution is 9.10. The van der Waals surface area contributed by atoms with Gasteiger partial charge in [-0.15, -0.1) is 23.2 Å². The van der Waals surface area contributed by atoms with Crippen LogP contribution < -0.4 is 5.32 Å². The smallest absolute Gasteiger partial charge is 0.247 e. The standard InChI is InChI=1S/C27H18BrCl3N2O3/c1-13(23(34)32-20-11-10-14(28)12-19(20)29)33-24(35)21-22(25(33)36)27(31)16-7-3-2-6-15(16)26(21,30)17-8-4-5-9-18(17)27/h2-13,21-22H,1H3,(H,32,34)/t13-,21-,22-,26?,27?/m1/s1. The van der Waals surface area contributed by atoms with E-state index in [9.17, 15) is 14.4 Å². The maximum Gasteiger partial charge on any atom is 0.247 e. The highest BCUT2D eigenvalue weighted by Gasteiger charge is 2.73. The lowest BCUT2D eigenvalue weighted by Crippen LogP contribution is -2.57. The number of benzene rings is 3. The van der Waals surface area contributed by atoms with Crippen LogP contribution in [0.2, 0.25) is 5.02 Å². The van der Waals surface area contributed by atoms with Gasteiger partial charge in [-0.3, -0.25) is 19.3 Å². The monoisotopic (exact) mass is 602 g/mol. The van der Waals surface area contributed by atoms with Gasteiger partial charge in [-0.1, -0.05) is 76.1 Å². The van der Waals surface area contributed by atoms with Crippen LogP contribution in [-0.2, 0) is 24.1 Å². The third kappa shape index (κ3) is 2.93. The predicted octanol–water partition coefficient (Wildman–Crippen LogP) is 6.02. The second-order valence-electron chi connectivity index (χ2n) is 9.31. The third-order valence-corrected chi connectivity index (χ3v) is 9.67. The number of imide groups is 1. The Hall–Kier alpha value is -2.38. The van der Waals surface area contributed by atoms with Crippen LogP contribution in [0, 0.1) is 11.8 Å². The summed E-state index contributed by atoms with van der Waals surface area (Å²) in [5.74, 6) is -3.49. The molecule has 3 aromatic carbocycles. The summed E-state index contributed by atoms with van der Waals surface area (Å²) in [5, 5.41) is 3.04. The van der Waals surface area contributed by atoms with E-state index in [2.05, 4.69) is 21.2 Å². The summed E-state index contributed by atoms with van der Waals surface area (Å²) in [4.78, 5) is 39.6. The topological polar surface area (TPSA) is 66.5 Å². The minimum absolute atomic E-state index is 0.320. The van der Waals surface area contributed by atoms with Crippen LogP contribution in [0.5, 0.6) is 0 Å². The first-order valence-electron chi connectivity index (χ1n) is 11.3. The van der Waals surface area contributed by atoms with Crippen LogP contribution in [-0.4, -0.2) is 28.7 Å². The molecule has 1 saturated heterocycles. The quantitative estimate of drug-likeness (QED) is 0.294. The van der Waals surface area contributed by atoms with Crippen molar-refractivity contribution in [2.24, 2.45) is 11.8 Å². The lowest BCUT2D eigenvalue weighted by molar-refractivity contribution is -0.146. The van der Waals surface area contributed by atoms with Crippen molar-refractivity contribution in [1.82, 2.24) is 4.90 Å². The SMILES string of the molecule is C[C@H](C(=O)Nc1ccc(Br)cc1Cl)N1C(=O)[C@H]2[C@H](C1=O)C1(Cl)c3ccccc3C2(Cl)c2ccccc21. The molecule has 4 aliphatic rings. The Morgan fingerprint density at radius 1 is 0.889 bits per heavy atom. The van der Waals surface area contributed by atoms with Crippen molar-refractivity contribution in [3.05, 3.63) is 98.5 Å². The van der Waals surface area contributed by atoms with Gasteiger partial charge in [0, 0.05) is 4.47 Å². The molecule has 7 rings (SSSR count). The Balaban J connectivity index is 1.44. The van der Waals surface area contributed by atoms with Gasteiger partial charge >= 0.3 is 0 Å². The van der Waals surface area contributed by atoms with Crippen LogP contribution in [0.15, 0.2) is 71.2 Å². The van der Waals surface area contributed by atoms with E-state index in [1.165, 1.54) is 6.92 Å². The predicted molar refractivity (Wildman–Crippen MR) is 142 cm³/mol. The van der Waals surface area contributed by atoms with Crippen LogP contribution in [0.4, 0.5) is 5.69 Å². The van der Waals surface area contributed by atoms with Gasteiger partial charge in [-0.05, 0) is 47.4 Å². The minimum atomic E-state index is -1.29. The van der Waals surface area contributed by atoms with E-state index in [0.717, 1.165) is 9.37 Å². The number of nitrogens with one attached hydrogen (secondary N) is 1. The molecule has 1 heterocycles. The van der Waals surface area contributed by atoms with Crippen LogP contribution >= 0.6 is 50.7 Å². The normalized spacial score (nSPS) is 28.4. The number of likely N-dealkylation sites (tertiary alicyclic amines) is 1. The Bertz CT molecular complexity index is 1370. The third-order valence-electron chi connectivity index (χ3n) is 7.58. The van der Waals surface area contributed by atoms with Gasteiger partial charge in [-0.2, -0.15) is 0 Å². The summed E-state index contributed by atoms with van der Waals surface area (Å²) in [6, 6.07) is 18.7. The van der Waals surface area contributed by atoms with Gasteiger partial charge in [0.2, 0.25) is 17.7 Å². The fourth-order valence-corrected chi connectivity index (χ4v) is 7.83. The van der Waals surface area contributed by atoms with Crippen molar-refractivity contribution in [3.8, 4) is 0 Å². The molecule has 5 nitrogen and oxygen atoms in total. The molecule has 3 amide bonds. The Morgan fingerprint density at radius 3 is 1.75 bits per heavy atom. The molecule has 36 heavy (non-hydrogen) atoms. The van der Waals surface area contributed by atoms with E-state index in [1.54, 1.807) is 18.2 Å². The summed E-state index contributed by atoms with van der Waals surface area (Å²) < 4.78 is 0.752. The average molecular weight is 605 g/mol. The van der Waals surface area contributed by atoms with E-state index >= 15 is 0 Å². The van der Waals surface area contributed by atoms with Gasteiger partial charge in [0.25, 0.3) is 0 Å². The van der Waals surface area contributed by atoms with Gasteiger partial charge in [0.05, 0.1) is 22.5 Å². The molecule has 0 spiro atoms. The molecule has 1 N–H and O–H groups in total. The van der Waals surface area contributed by atoms with E-state index in [-0.39, 0.29) is 0 Å². The summed E-state index contributed by atoms with van der Waals surface area (Å²) in [6.45, 7) is 1.51. The Kier molecular flexibility index (Phi) is 5.37. The van der Waals surface area contributed by atoms with Crippen molar-refractivity contribution < 1.29 is 14.4 Å². The highest BCUT2D eigenvalue weighted by Crippen LogP contribution is 2.69. The number of anilines is 1. The molecule has 9 heteroatoms. The van der Waals surface area contributed by atoms with E-state index < -0.39 is 45.3 Å². The maximum absolute atomic E-state index is 14.0. The average Bonchev–Trinajstić information content (AvgIpc) is 3.14. The number of hydrogen-bond acceptors (Lipinski definition) is 3. The highest BCUT2D eigenvalue weighted by atomic mass is 79.9. The summed E-state index contributed by atoms with van der Waals surface area (Å²) in [5.41, 5.74) is 3.22. The summed E-state index contributed by atoms with van der Waals surface area (Å²) >= 11 is 24.4. The zero-order valence-electron chi connectivity index (χ0n) is 18.8. The van der Waals surface area contributed by atoms with Crippen molar-refractivity contribution >= 4 is 74.1 Å². The molecular weight excluding hydrogens is 587 g/mol. The number of hydrogen-bond donors (Lipinski definition) is 1. The van der Waals surface area contributed by atoms with Gasteiger partial charge < -0.3 is 5.32 Å². The van der Waals surface area contributed by atoms with Crippen molar-refractivity contribution in [1.29, 1.82) is 0 Å². The number of amides is 3. The van der Waals surface area contributed by atoms with Crippen LogP contribution in [0.25, 0.3) is 0 Å². The first-order valence-corrected chi connectivity index (χ1v) is 13.2. The van der Waals surface area contributed by atoms with Gasteiger partial charge in [0.15, 0.2) is 0 Å². The first-order chi connectivity index (χ1) is 17.1. The molecule has 1 aliphatic heterocycles. The van der Waals surface area contributed by atoms with E-state index in [0.29, 0.717) is 33.0 Å². The number of carbonyl (C=O) groups is 3. The van der Waals surface area contributed by atoms with Crippen LogP contribution in [0.1, 0.15) is 29.2 Å². The summed E-state index contributed by atoms with van der Waals surface area (Å²) in [7, 11) is 0. The lowest BCUT2D eigenvalue weighted by Gasteiger charge is -2.54. The Labute approximate surface area is 230 Å². The molecule has 1 fully saturated rings. The second kappa shape index (κ2) is 8.06. The molecule has 3 aromatic rings. The molecule has 2 bridgehead atoms.